The van der Waals surface area contributed by atoms with E-state index in [4.69, 9.17) is 35.3 Å². The zero-order chi connectivity index (χ0) is 31.8. The first-order valence-corrected chi connectivity index (χ1v) is 13.8. The fourth-order valence-electron chi connectivity index (χ4n) is 6.38. The Morgan fingerprint density at radius 2 is 1.57 bits per heavy atom. The topological polar surface area (TPSA) is 167 Å². The number of carbonyl (C=O) groups is 2. The zero-order valence-electron chi connectivity index (χ0n) is 24.5. The Morgan fingerprint density at radius 1 is 0.955 bits per heavy atom. The molecule has 3 aliphatic rings. The Bertz CT molecular complexity index is 1920. The lowest BCUT2D eigenvalue weighted by atomic mass is 9.66. The molecule has 0 saturated heterocycles. The van der Waals surface area contributed by atoms with Gasteiger partial charge in [-0.05, 0) is 24.1 Å². The number of ketones is 2. The number of hydrogen-bond donors (Lipinski definition) is 3. The molecule has 2 aromatic carbocycles. The fourth-order valence-corrected chi connectivity index (χ4v) is 6.64. The highest BCUT2D eigenvalue weighted by Crippen LogP contribution is 2.56. The smallest absolute Gasteiger partial charge is 0.329 e. The van der Waals surface area contributed by atoms with Gasteiger partial charge in [-0.3, -0.25) is 23.9 Å². The predicted molar refractivity (Wildman–Crippen MR) is 157 cm³/mol. The van der Waals surface area contributed by atoms with Crippen LogP contribution in [0, 0.1) is 5.92 Å². The molecule has 1 aliphatic carbocycles. The van der Waals surface area contributed by atoms with Gasteiger partial charge >= 0.3 is 5.69 Å². The van der Waals surface area contributed by atoms with Gasteiger partial charge in [0.1, 0.15) is 27.9 Å². The van der Waals surface area contributed by atoms with Crippen molar-refractivity contribution in [1.82, 2.24) is 9.55 Å². The van der Waals surface area contributed by atoms with Crippen LogP contribution < -0.4 is 40.3 Å². The first kappa shape index (κ1) is 29.2. The molecule has 3 heterocycles. The number of fused-ring (bicyclic) bond motifs is 2. The van der Waals surface area contributed by atoms with E-state index in [2.05, 4.69) is 10.3 Å². The summed E-state index contributed by atoms with van der Waals surface area (Å²) in [5.74, 6) is -3.11. The number of aromatic amines is 1. The summed E-state index contributed by atoms with van der Waals surface area (Å²) >= 11 is 6.59. The van der Waals surface area contributed by atoms with Crippen molar-refractivity contribution in [1.29, 1.82) is 0 Å². The Hall–Kier alpha value is -4.91. The van der Waals surface area contributed by atoms with E-state index >= 15 is 0 Å². The summed E-state index contributed by atoms with van der Waals surface area (Å²) in [6.45, 7) is 1.69. The van der Waals surface area contributed by atoms with Crippen LogP contribution in [0.1, 0.15) is 40.7 Å². The third-order valence-corrected chi connectivity index (χ3v) is 8.93. The molecule has 1 spiro atoms. The summed E-state index contributed by atoms with van der Waals surface area (Å²) in [4.78, 5) is 57.7. The Labute approximate surface area is 254 Å². The minimum absolute atomic E-state index is 0.00326. The second-order valence-corrected chi connectivity index (χ2v) is 11.1. The van der Waals surface area contributed by atoms with Crippen LogP contribution in [-0.2, 0) is 11.8 Å². The highest BCUT2D eigenvalue weighted by Gasteiger charge is 2.63. The molecule has 0 fully saturated rings. The van der Waals surface area contributed by atoms with Crippen LogP contribution >= 0.6 is 11.6 Å². The minimum Gasteiger partial charge on any atom is -0.502 e. The summed E-state index contributed by atoms with van der Waals surface area (Å²) in [6, 6.07) is 4.36. The van der Waals surface area contributed by atoms with Gasteiger partial charge in [0.2, 0.25) is 22.9 Å². The van der Waals surface area contributed by atoms with Crippen LogP contribution in [0.2, 0.25) is 5.02 Å². The SMILES string of the molecule is COc1cc(C2C3=C(C[C@@H](C)[C@]4(Oc5c(Cl)c(OC)cc(OC)c5C4=O)C3=O)Nc3c2c(=O)[nH]c(=O)n3C)cc(OC)c1O. The average Bonchev–Trinajstić information content (AvgIpc) is 3.32. The molecule has 1 unspecified atom stereocenters. The Morgan fingerprint density at radius 3 is 2.16 bits per heavy atom. The first-order chi connectivity index (χ1) is 20.9. The van der Waals surface area contributed by atoms with Gasteiger partial charge in [0.25, 0.3) is 5.56 Å². The van der Waals surface area contributed by atoms with Crippen LogP contribution in [-0.4, -0.2) is 60.3 Å². The highest BCUT2D eigenvalue weighted by atomic mass is 35.5. The molecular weight excluding hydrogens is 598 g/mol. The van der Waals surface area contributed by atoms with Crippen molar-refractivity contribution >= 4 is 29.0 Å². The van der Waals surface area contributed by atoms with Crippen LogP contribution in [0.15, 0.2) is 39.1 Å². The molecule has 13 nitrogen and oxygen atoms in total. The normalized spacial score (nSPS) is 21.7. The summed E-state index contributed by atoms with van der Waals surface area (Å²) in [5.41, 5.74) is -2.71. The van der Waals surface area contributed by atoms with E-state index in [1.165, 1.54) is 58.3 Å². The van der Waals surface area contributed by atoms with Crippen LogP contribution in [0.4, 0.5) is 5.82 Å². The number of carbonyl (C=O) groups excluding carboxylic acids is 2. The van der Waals surface area contributed by atoms with Crippen molar-refractivity contribution in [2.75, 3.05) is 33.8 Å². The molecule has 0 radical (unpaired) electrons. The lowest BCUT2D eigenvalue weighted by Crippen LogP contribution is -2.58. The number of methoxy groups -OCH3 is 4. The lowest BCUT2D eigenvalue weighted by Gasteiger charge is -2.42. The van der Waals surface area contributed by atoms with E-state index in [-0.39, 0.29) is 68.5 Å². The monoisotopic (exact) mass is 625 g/mol. The van der Waals surface area contributed by atoms with Gasteiger partial charge < -0.3 is 34.1 Å². The van der Waals surface area contributed by atoms with Gasteiger partial charge in [-0.2, -0.15) is 0 Å². The number of Topliss-reactive ketones (excluding diaryl/α,β-unsaturated/α-hetero) is 2. The number of ether oxygens (including phenoxy) is 5. The number of anilines is 1. The largest absolute Gasteiger partial charge is 0.502 e. The van der Waals surface area contributed by atoms with E-state index < -0.39 is 40.3 Å². The number of H-pyrrole nitrogens is 1. The molecule has 6 rings (SSSR count). The molecule has 1 aromatic heterocycles. The number of allylic oxidation sites excluding steroid dienone is 1. The minimum atomic E-state index is -2.07. The molecule has 44 heavy (non-hydrogen) atoms. The van der Waals surface area contributed by atoms with Gasteiger partial charge in [-0.15, -0.1) is 0 Å². The van der Waals surface area contributed by atoms with Gasteiger partial charge in [0.05, 0.1) is 34.0 Å². The van der Waals surface area contributed by atoms with Crippen molar-refractivity contribution in [3.63, 3.8) is 0 Å². The molecule has 3 atom stereocenters. The van der Waals surface area contributed by atoms with Crippen molar-refractivity contribution in [3.8, 4) is 34.5 Å². The quantitative estimate of drug-likeness (QED) is 0.357. The predicted octanol–water partition coefficient (Wildman–Crippen LogP) is 2.90. The average molecular weight is 626 g/mol. The van der Waals surface area contributed by atoms with Crippen molar-refractivity contribution in [2.45, 2.75) is 24.9 Å². The molecule has 230 valence electrons. The van der Waals surface area contributed by atoms with E-state index in [9.17, 15) is 24.3 Å². The maximum atomic E-state index is 14.9. The van der Waals surface area contributed by atoms with Crippen molar-refractivity contribution < 1.29 is 38.4 Å². The second-order valence-electron chi connectivity index (χ2n) is 10.7. The number of nitrogens with zero attached hydrogens (tertiary/aromatic N) is 1. The van der Waals surface area contributed by atoms with Gasteiger partial charge in [-0.25, -0.2) is 4.79 Å². The highest BCUT2D eigenvalue weighted by molar-refractivity contribution is 6.36. The van der Waals surface area contributed by atoms with Gasteiger partial charge in [0, 0.05) is 36.2 Å². The van der Waals surface area contributed by atoms with Crippen LogP contribution in [0.25, 0.3) is 0 Å². The molecular formula is C30H28ClN3O10. The number of benzene rings is 2. The molecule has 0 bridgehead atoms. The number of hydrogen-bond acceptors (Lipinski definition) is 11. The molecule has 14 heteroatoms. The number of nitrogens with one attached hydrogen (secondary N) is 2. The molecule has 2 aliphatic heterocycles. The third kappa shape index (κ3) is 3.71. The number of phenolic OH excluding ortho intramolecular Hbond substituents is 1. The zero-order valence-corrected chi connectivity index (χ0v) is 25.3. The van der Waals surface area contributed by atoms with Crippen LogP contribution in [0.5, 0.6) is 34.5 Å². The summed E-state index contributed by atoms with van der Waals surface area (Å²) in [5, 5.41) is 13.7. The Balaban J connectivity index is 1.63. The number of phenols is 1. The Kier molecular flexibility index (Phi) is 6.69. The van der Waals surface area contributed by atoms with Crippen molar-refractivity contribution in [3.05, 3.63) is 72.0 Å². The lowest BCUT2D eigenvalue weighted by molar-refractivity contribution is -0.130. The number of aromatic nitrogens is 2. The van der Waals surface area contributed by atoms with Crippen molar-refractivity contribution in [2.24, 2.45) is 13.0 Å². The number of rotatable bonds is 5. The number of halogens is 1. The van der Waals surface area contributed by atoms with E-state index in [0.717, 1.165) is 0 Å². The summed E-state index contributed by atoms with van der Waals surface area (Å²) in [6.07, 6.45) is 0.112. The molecule has 3 aromatic rings. The maximum absolute atomic E-state index is 14.9. The molecule has 0 amide bonds. The van der Waals surface area contributed by atoms with Gasteiger partial charge in [-0.1, -0.05) is 18.5 Å². The third-order valence-electron chi connectivity index (χ3n) is 8.57. The molecule has 3 N–H and O–H groups in total. The summed E-state index contributed by atoms with van der Waals surface area (Å²) in [7, 11) is 6.92. The van der Waals surface area contributed by atoms with E-state index in [0.29, 0.717) is 11.3 Å². The molecule has 0 saturated carbocycles. The standard InChI is InChI=1S/C30H28ClN3O10/c1-11-7-13-19(25(36)30(11)26(37)20-14(40-3)10-15(41-4)22(31)24(20)44-30)18(12-8-16(42-5)23(35)17(9-12)43-6)21-27(32-13)34(2)29(39)33-28(21)38/h8-11,18,32,35H,7H2,1-6H3,(H,33,38,39)/t11-,18?,30+/m1/s1. The van der Waals surface area contributed by atoms with E-state index in [1.54, 1.807) is 6.92 Å². The second kappa shape index (κ2) is 10.1. The maximum Gasteiger partial charge on any atom is 0.329 e. The van der Waals surface area contributed by atoms with Crippen LogP contribution in [0.3, 0.4) is 0 Å². The summed E-state index contributed by atoms with van der Waals surface area (Å²) < 4.78 is 29.1. The number of aromatic hydroxyl groups is 1. The van der Waals surface area contributed by atoms with Gasteiger partial charge in [0.15, 0.2) is 17.2 Å². The fraction of sp³-hybridized carbons (Fsp3) is 0.333. The van der Waals surface area contributed by atoms with E-state index in [1.807, 2.05) is 0 Å². The first-order valence-electron chi connectivity index (χ1n) is 13.5.